The highest BCUT2D eigenvalue weighted by molar-refractivity contribution is 6.06. The van der Waals surface area contributed by atoms with Gasteiger partial charge in [0.2, 0.25) is 5.95 Å². The minimum absolute atomic E-state index is 0.0690. The molecule has 3 aromatic rings. The first-order valence-corrected chi connectivity index (χ1v) is 11.0. The summed E-state index contributed by atoms with van der Waals surface area (Å²) in [6, 6.07) is 3.84. The Bertz CT molecular complexity index is 1120. The maximum absolute atomic E-state index is 13.7. The van der Waals surface area contributed by atoms with Crippen LogP contribution in [0.3, 0.4) is 0 Å². The molecule has 3 aromatic heterocycles. The summed E-state index contributed by atoms with van der Waals surface area (Å²) in [5, 5.41) is 5.67. The van der Waals surface area contributed by atoms with Gasteiger partial charge >= 0.3 is 0 Å². The number of hydrogen-bond donors (Lipinski definition) is 0. The number of aromatic nitrogens is 5. The molecule has 31 heavy (non-hydrogen) atoms. The van der Waals surface area contributed by atoms with E-state index in [1.165, 1.54) is 0 Å². The van der Waals surface area contributed by atoms with Crippen LogP contribution in [0.2, 0.25) is 0 Å². The summed E-state index contributed by atoms with van der Waals surface area (Å²) < 4.78 is 1.98. The number of nitrogens with zero attached hydrogens (tertiary/aromatic N) is 7. The van der Waals surface area contributed by atoms with Crippen molar-refractivity contribution < 1.29 is 4.79 Å². The van der Waals surface area contributed by atoms with E-state index in [2.05, 4.69) is 35.6 Å². The summed E-state index contributed by atoms with van der Waals surface area (Å²) in [6.45, 7) is 11.1. The monoisotopic (exact) mass is 419 g/mol. The molecule has 162 valence electrons. The molecule has 0 atom stereocenters. The Labute approximate surface area is 182 Å². The van der Waals surface area contributed by atoms with Gasteiger partial charge in [-0.05, 0) is 52.7 Å². The highest BCUT2D eigenvalue weighted by atomic mass is 16.2. The van der Waals surface area contributed by atoms with Crippen molar-refractivity contribution in [2.45, 2.75) is 52.0 Å². The smallest absolute Gasteiger partial charge is 0.254 e. The lowest BCUT2D eigenvalue weighted by Gasteiger charge is -2.34. The van der Waals surface area contributed by atoms with Crippen LogP contribution in [0.25, 0.3) is 11.0 Å². The second-order valence-electron chi connectivity index (χ2n) is 9.56. The van der Waals surface area contributed by atoms with Gasteiger partial charge in [-0.3, -0.25) is 4.79 Å². The normalized spacial score (nSPS) is 17.4. The standard InChI is InChI=1S/C23H29N7O/c1-15-19-17(14-18(16-6-7-16)26-20(19)30(27-15)23(2,3)4)21(31)28-10-12-29(13-11-28)22-24-8-5-9-25-22/h5,8-9,14,16H,6-7,10-13H2,1-4H3. The summed E-state index contributed by atoms with van der Waals surface area (Å²) in [5.74, 6) is 1.25. The number of amides is 1. The second kappa shape index (κ2) is 7.28. The highest BCUT2D eigenvalue weighted by Crippen LogP contribution is 2.41. The first-order valence-electron chi connectivity index (χ1n) is 11.0. The van der Waals surface area contributed by atoms with Gasteiger partial charge < -0.3 is 9.80 Å². The molecule has 1 saturated carbocycles. The van der Waals surface area contributed by atoms with Crippen LogP contribution in [0.4, 0.5) is 5.95 Å². The number of rotatable bonds is 3. The quantitative estimate of drug-likeness (QED) is 0.649. The first-order chi connectivity index (χ1) is 14.8. The van der Waals surface area contributed by atoms with Crippen LogP contribution in [0, 0.1) is 6.92 Å². The highest BCUT2D eigenvalue weighted by Gasteiger charge is 2.32. The van der Waals surface area contributed by atoms with Crippen LogP contribution in [-0.2, 0) is 5.54 Å². The Kier molecular flexibility index (Phi) is 4.68. The van der Waals surface area contributed by atoms with E-state index in [1.54, 1.807) is 12.4 Å². The van der Waals surface area contributed by atoms with Crippen LogP contribution in [-0.4, -0.2) is 61.7 Å². The van der Waals surface area contributed by atoms with Gasteiger partial charge in [0.05, 0.1) is 22.2 Å². The Morgan fingerprint density at radius 2 is 1.74 bits per heavy atom. The lowest BCUT2D eigenvalue weighted by molar-refractivity contribution is 0.0748. The largest absolute Gasteiger partial charge is 0.337 e. The lowest BCUT2D eigenvalue weighted by Crippen LogP contribution is -2.49. The fourth-order valence-electron chi connectivity index (χ4n) is 4.27. The zero-order chi connectivity index (χ0) is 21.8. The zero-order valence-corrected chi connectivity index (χ0v) is 18.7. The van der Waals surface area contributed by atoms with Crippen molar-refractivity contribution in [3.05, 3.63) is 41.5 Å². The summed E-state index contributed by atoms with van der Waals surface area (Å²) in [7, 11) is 0. The Morgan fingerprint density at radius 3 is 2.35 bits per heavy atom. The van der Waals surface area contributed by atoms with E-state index in [1.807, 2.05) is 28.6 Å². The van der Waals surface area contributed by atoms with Gasteiger partial charge in [0.1, 0.15) is 0 Å². The van der Waals surface area contributed by atoms with Crippen molar-refractivity contribution in [1.29, 1.82) is 0 Å². The van der Waals surface area contributed by atoms with Crippen molar-refractivity contribution in [2.24, 2.45) is 0 Å². The van der Waals surface area contributed by atoms with Crippen molar-refractivity contribution in [3.8, 4) is 0 Å². The van der Waals surface area contributed by atoms with Gasteiger partial charge in [0, 0.05) is 50.2 Å². The van der Waals surface area contributed by atoms with Gasteiger partial charge in [-0.1, -0.05) is 0 Å². The molecule has 8 nitrogen and oxygen atoms in total. The summed E-state index contributed by atoms with van der Waals surface area (Å²) in [5.41, 5.74) is 3.25. The lowest BCUT2D eigenvalue weighted by atomic mass is 10.1. The number of piperazine rings is 1. The summed E-state index contributed by atoms with van der Waals surface area (Å²) >= 11 is 0. The third-order valence-corrected chi connectivity index (χ3v) is 6.10. The number of fused-ring (bicyclic) bond motifs is 1. The molecule has 0 aromatic carbocycles. The average Bonchev–Trinajstić information content (AvgIpc) is 3.56. The van der Waals surface area contributed by atoms with E-state index < -0.39 is 0 Å². The number of anilines is 1. The molecule has 1 aliphatic carbocycles. The molecule has 0 spiro atoms. The van der Waals surface area contributed by atoms with Crippen molar-refractivity contribution in [2.75, 3.05) is 31.1 Å². The molecule has 0 N–H and O–H groups in total. The van der Waals surface area contributed by atoms with E-state index in [0.717, 1.165) is 59.9 Å². The maximum Gasteiger partial charge on any atom is 0.254 e. The second-order valence-corrected chi connectivity index (χ2v) is 9.56. The fraction of sp³-hybridized carbons (Fsp3) is 0.522. The minimum atomic E-state index is -0.205. The molecular formula is C23H29N7O. The van der Waals surface area contributed by atoms with E-state index in [0.29, 0.717) is 19.0 Å². The number of hydrogen-bond acceptors (Lipinski definition) is 6. The minimum Gasteiger partial charge on any atom is -0.337 e. The van der Waals surface area contributed by atoms with Gasteiger partial charge in [0.25, 0.3) is 5.91 Å². The van der Waals surface area contributed by atoms with E-state index in [-0.39, 0.29) is 11.4 Å². The van der Waals surface area contributed by atoms with Crippen molar-refractivity contribution in [1.82, 2.24) is 29.6 Å². The van der Waals surface area contributed by atoms with Gasteiger partial charge in [0.15, 0.2) is 5.65 Å². The Hall–Kier alpha value is -3.03. The zero-order valence-electron chi connectivity index (χ0n) is 18.7. The number of pyridine rings is 1. The predicted molar refractivity (Wildman–Crippen MR) is 119 cm³/mol. The van der Waals surface area contributed by atoms with Crippen LogP contribution in [0.5, 0.6) is 0 Å². The van der Waals surface area contributed by atoms with Crippen LogP contribution in [0.15, 0.2) is 24.5 Å². The molecule has 0 radical (unpaired) electrons. The molecule has 1 aliphatic heterocycles. The fourth-order valence-corrected chi connectivity index (χ4v) is 4.27. The maximum atomic E-state index is 13.7. The molecule has 8 heteroatoms. The Morgan fingerprint density at radius 1 is 1.06 bits per heavy atom. The molecule has 4 heterocycles. The number of carbonyl (C=O) groups excluding carboxylic acids is 1. The molecular weight excluding hydrogens is 390 g/mol. The molecule has 0 unspecified atom stereocenters. The topological polar surface area (TPSA) is 80.0 Å². The van der Waals surface area contributed by atoms with Gasteiger partial charge in [-0.15, -0.1) is 0 Å². The van der Waals surface area contributed by atoms with E-state index in [9.17, 15) is 4.79 Å². The molecule has 1 amide bonds. The molecule has 1 saturated heterocycles. The SMILES string of the molecule is Cc1nn(C(C)(C)C)c2nc(C3CC3)cc(C(=O)N3CCN(c4ncccn4)CC3)c12. The van der Waals surface area contributed by atoms with E-state index in [4.69, 9.17) is 10.1 Å². The van der Waals surface area contributed by atoms with Crippen molar-refractivity contribution >= 4 is 22.9 Å². The van der Waals surface area contributed by atoms with Gasteiger partial charge in [-0.2, -0.15) is 5.10 Å². The first kappa shape index (κ1) is 19.9. The van der Waals surface area contributed by atoms with Crippen molar-refractivity contribution in [3.63, 3.8) is 0 Å². The van der Waals surface area contributed by atoms with E-state index >= 15 is 0 Å². The molecule has 0 bridgehead atoms. The van der Waals surface area contributed by atoms with Crippen LogP contribution >= 0.6 is 0 Å². The summed E-state index contributed by atoms with van der Waals surface area (Å²) in [6.07, 6.45) is 5.79. The third-order valence-electron chi connectivity index (χ3n) is 6.10. The number of aryl methyl sites for hydroxylation is 1. The third kappa shape index (κ3) is 3.64. The van der Waals surface area contributed by atoms with Crippen LogP contribution in [0.1, 0.15) is 61.3 Å². The molecule has 2 fully saturated rings. The Balaban J connectivity index is 1.48. The van der Waals surface area contributed by atoms with Gasteiger partial charge in [-0.25, -0.2) is 19.6 Å². The summed E-state index contributed by atoms with van der Waals surface area (Å²) in [4.78, 5) is 31.4. The molecule has 5 rings (SSSR count). The van der Waals surface area contributed by atoms with Crippen LogP contribution < -0.4 is 4.90 Å². The molecule has 2 aliphatic rings. The average molecular weight is 420 g/mol. The predicted octanol–water partition coefficient (Wildman–Crippen LogP) is 3.12. The number of carbonyl (C=O) groups is 1.